The SMILES string of the molecule is C=CCC1=C[C@]2(C[C@@H](O)C(C)(C)O2)C2=C(CC[C@@]3(CC[C@]4(C(C)C)C[C@@H]34)O2)C1=O. The van der Waals surface area contributed by atoms with Gasteiger partial charge in [0.1, 0.15) is 17.0 Å². The molecule has 2 spiro atoms. The number of ketones is 1. The number of Topliss-reactive ketones (excluding diaryl/α,β-unsaturated/α-hetero) is 1. The smallest absolute Gasteiger partial charge is 0.188 e. The summed E-state index contributed by atoms with van der Waals surface area (Å²) in [6, 6.07) is 0. The minimum Gasteiger partial charge on any atom is -0.487 e. The maximum Gasteiger partial charge on any atom is 0.188 e. The number of carbonyl (C=O) groups is 1. The normalized spacial score (nSPS) is 44.8. The summed E-state index contributed by atoms with van der Waals surface area (Å²) in [6.45, 7) is 12.3. The van der Waals surface area contributed by atoms with Gasteiger partial charge in [-0.3, -0.25) is 4.79 Å². The molecule has 158 valence electrons. The van der Waals surface area contributed by atoms with E-state index in [-0.39, 0.29) is 11.4 Å². The van der Waals surface area contributed by atoms with Crippen LogP contribution in [0.15, 0.2) is 35.6 Å². The number of allylic oxidation sites excluding steroid dienone is 3. The lowest BCUT2D eigenvalue weighted by molar-refractivity contribution is -0.130. The topological polar surface area (TPSA) is 55.8 Å². The molecule has 1 N–H and O–H groups in total. The summed E-state index contributed by atoms with van der Waals surface area (Å²) >= 11 is 0. The van der Waals surface area contributed by atoms with Crippen molar-refractivity contribution in [2.24, 2.45) is 17.3 Å². The number of rotatable bonds is 3. The molecule has 2 heterocycles. The molecule has 5 atom stereocenters. The van der Waals surface area contributed by atoms with E-state index in [1.54, 1.807) is 6.08 Å². The molecule has 4 heteroatoms. The molecule has 1 saturated heterocycles. The van der Waals surface area contributed by atoms with E-state index in [1.165, 1.54) is 12.8 Å². The standard InChI is InChI=1S/C25H34O4/c1-6-7-16-12-25(14-19(26)22(4,5)29-25)21-17(20(16)27)8-9-24(28-21)11-10-23(15(2)3)13-18(23)24/h6,12,15,18-19,26H,1,7-11,13-14H2,2-5H3/t18-,19-,23-,24+,25+/m1/s1. The molecule has 3 fully saturated rings. The average Bonchev–Trinajstić information content (AvgIpc) is 3.28. The third-order valence-corrected chi connectivity index (χ3v) is 8.76. The number of aliphatic hydroxyl groups is 1. The quantitative estimate of drug-likeness (QED) is 0.704. The summed E-state index contributed by atoms with van der Waals surface area (Å²) in [5.41, 5.74) is 0.222. The molecular weight excluding hydrogens is 364 g/mol. The first-order chi connectivity index (χ1) is 13.6. The molecule has 0 radical (unpaired) electrons. The number of ether oxygens (including phenoxy) is 2. The lowest BCUT2D eigenvalue weighted by Crippen LogP contribution is -2.47. The highest BCUT2D eigenvalue weighted by Gasteiger charge is 2.72. The maximum absolute atomic E-state index is 13.2. The summed E-state index contributed by atoms with van der Waals surface area (Å²) < 4.78 is 13.4. The highest BCUT2D eigenvalue weighted by Crippen LogP contribution is 2.74. The van der Waals surface area contributed by atoms with Gasteiger partial charge in [0.05, 0.1) is 11.7 Å². The van der Waals surface area contributed by atoms with Crippen LogP contribution in [-0.4, -0.2) is 33.8 Å². The van der Waals surface area contributed by atoms with Gasteiger partial charge in [-0.15, -0.1) is 6.58 Å². The van der Waals surface area contributed by atoms with Gasteiger partial charge in [0.2, 0.25) is 0 Å². The van der Waals surface area contributed by atoms with Crippen molar-refractivity contribution in [2.45, 2.75) is 95.5 Å². The van der Waals surface area contributed by atoms with Crippen LogP contribution >= 0.6 is 0 Å². The second kappa shape index (κ2) is 5.85. The van der Waals surface area contributed by atoms with Crippen molar-refractivity contribution >= 4 is 5.78 Å². The summed E-state index contributed by atoms with van der Waals surface area (Å²) in [5, 5.41) is 10.7. The van der Waals surface area contributed by atoms with E-state index in [1.807, 2.05) is 19.9 Å². The van der Waals surface area contributed by atoms with Crippen LogP contribution in [0.25, 0.3) is 0 Å². The van der Waals surface area contributed by atoms with Gasteiger partial charge in [-0.2, -0.15) is 0 Å². The first kappa shape index (κ1) is 19.6. The predicted molar refractivity (Wildman–Crippen MR) is 111 cm³/mol. The van der Waals surface area contributed by atoms with Gasteiger partial charge in [-0.25, -0.2) is 0 Å². The molecule has 3 aliphatic carbocycles. The second-order valence-corrected chi connectivity index (χ2v) is 10.9. The molecule has 2 saturated carbocycles. The Morgan fingerprint density at radius 3 is 2.59 bits per heavy atom. The van der Waals surface area contributed by atoms with Crippen LogP contribution in [0.4, 0.5) is 0 Å². The van der Waals surface area contributed by atoms with E-state index in [2.05, 4.69) is 20.4 Å². The van der Waals surface area contributed by atoms with Crippen LogP contribution in [0.5, 0.6) is 0 Å². The van der Waals surface area contributed by atoms with E-state index in [9.17, 15) is 9.90 Å². The van der Waals surface area contributed by atoms with Crippen LogP contribution in [-0.2, 0) is 14.3 Å². The fourth-order valence-electron chi connectivity index (χ4n) is 6.85. The van der Waals surface area contributed by atoms with E-state index in [0.717, 1.165) is 30.4 Å². The molecular formula is C25H34O4. The fraction of sp³-hybridized carbons (Fsp3) is 0.720. The molecule has 0 bridgehead atoms. The van der Waals surface area contributed by atoms with E-state index in [0.29, 0.717) is 35.9 Å². The van der Waals surface area contributed by atoms with Crippen molar-refractivity contribution in [3.63, 3.8) is 0 Å². The lowest BCUT2D eigenvalue weighted by Gasteiger charge is -2.45. The van der Waals surface area contributed by atoms with E-state index >= 15 is 0 Å². The van der Waals surface area contributed by atoms with Crippen LogP contribution in [0.1, 0.15) is 72.6 Å². The third-order valence-electron chi connectivity index (χ3n) is 8.76. The molecule has 5 aliphatic rings. The molecule has 0 amide bonds. The fourth-order valence-corrected chi connectivity index (χ4v) is 6.85. The largest absolute Gasteiger partial charge is 0.487 e. The minimum atomic E-state index is -0.837. The maximum atomic E-state index is 13.2. The monoisotopic (exact) mass is 398 g/mol. The van der Waals surface area contributed by atoms with Crippen molar-refractivity contribution in [3.05, 3.63) is 35.6 Å². The first-order valence-corrected chi connectivity index (χ1v) is 11.3. The zero-order valence-corrected chi connectivity index (χ0v) is 18.2. The van der Waals surface area contributed by atoms with E-state index < -0.39 is 17.3 Å². The van der Waals surface area contributed by atoms with Gasteiger partial charge >= 0.3 is 0 Å². The Hall–Kier alpha value is -1.39. The molecule has 29 heavy (non-hydrogen) atoms. The highest BCUT2D eigenvalue weighted by atomic mass is 16.6. The van der Waals surface area contributed by atoms with Crippen molar-refractivity contribution in [2.75, 3.05) is 0 Å². The molecule has 4 nitrogen and oxygen atoms in total. The van der Waals surface area contributed by atoms with Crippen molar-refractivity contribution in [1.82, 2.24) is 0 Å². The van der Waals surface area contributed by atoms with Gasteiger partial charge < -0.3 is 14.6 Å². The Bertz CT molecular complexity index is 849. The Labute approximate surface area is 174 Å². The highest BCUT2D eigenvalue weighted by molar-refractivity contribution is 6.10. The van der Waals surface area contributed by atoms with Gasteiger partial charge in [0.15, 0.2) is 5.78 Å². The average molecular weight is 399 g/mol. The number of hydrogen-bond acceptors (Lipinski definition) is 4. The molecule has 2 aliphatic heterocycles. The van der Waals surface area contributed by atoms with Gasteiger partial charge in [-0.1, -0.05) is 19.9 Å². The number of hydrogen-bond donors (Lipinski definition) is 1. The molecule has 0 aromatic rings. The first-order valence-electron chi connectivity index (χ1n) is 11.3. The van der Waals surface area contributed by atoms with E-state index in [4.69, 9.17) is 9.47 Å². The summed E-state index contributed by atoms with van der Waals surface area (Å²) in [5.74, 6) is 2.02. The summed E-state index contributed by atoms with van der Waals surface area (Å²) in [7, 11) is 0. The van der Waals surface area contributed by atoms with Crippen molar-refractivity contribution < 1.29 is 19.4 Å². The summed E-state index contributed by atoms with van der Waals surface area (Å²) in [6.07, 6.45) is 9.22. The number of fused-ring (bicyclic) bond motifs is 3. The van der Waals surface area contributed by atoms with Crippen molar-refractivity contribution in [1.29, 1.82) is 0 Å². The number of aliphatic hydroxyl groups excluding tert-OH is 1. The van der Waals surface area contributed by atoms with Crippen LogP contribution in [0.3, 0.4) is 0 Å². The van der Waals surface area contributed by atoms with Crippen molar-refractivity contribution in [3.8, 4) is 0 Å². The lowest BCUT2D eigenvalue weighted by atomic mass is 9.76. The Balaban J connectivity index is 1.56. The minimum absolute atomic E-state index is 0.0760. The second-order valence-electron chi connectivity index (χ2n) is 10.9. The van der Waals surface area contributed by atoms with Crippen LogP contribution < -0.4 is 0 Å². The molecule has 0 unspecified atom stereocenters. The molecule has 0 aromatic heterocycles. The zero-order chi connectivity index (χ0) is 20.8. The zero-order valence-electron chi connectivity index (χ0n) is 18.2. The molecule has 5 rings (SSSR count). The predicted octanol–water partition coefficient (Wildman–Crippen LogP) is 4.63. The third kappa shape index (κ3) is 2.48. The molecule has 0 aromatic carbocycles. The van der Waals surface area contributed by atoms with Crippen LogP contribution in [0.2, 0.25) is 0 Å². The summed E-state index contributed by atoms with van der Waals surface area (Å²) in [4.78, 5) is 13.2. The number of carbonyl (C=O) groups excluding carboxylic acids is 1. The van der Waals surface area contributed by atoms with Gasteiger partial charge in [-0.05, 0) is 69.8 Å². The van der Waals surface area contributed by atoms with Gasteiger partial charge in [0, 0.05) is 23.5 Å². The Kier molecular flexibility index (Phi) is 3.95. The van der Waals surface area contributed by atoms with Crippen LogP contribution in [0, 0.1) is 17.3 Å². The Morgan fingerprint density at radius 2 is 2.03 bits per heavy atom. The van der Waals surface area contributed by atoms with Gasteiger partial charge in [0.25, 0.3) is 0 Å². The Morgan fingerprint density at radius 1 is 1.28 bits per heavy atom.